The molecule has 2 aromatic heterocycles. The lowest BCUT2D eigenvalue weighted by molar-refractivity contribution is 0.889. The van der Waals surface area contributed by atoms with E-state index in [1.54, 1.807) is 11.3 Å². The maximum Gasteiger partial charge on any atom is 0.0794 e. The molecule has 0 saturated heterocycles. The number of aromatic nitrogens is 2. The zero-order chi connectivity index (χ0) is 14.5. The van der Waals surface area contributed by atoms with E-state index in [4.69, 9.17) is 4.98 Å². The van der Waals surface area contributed by atoms with E-state index in [9.17, 15) is 0 Å². The number of thiazole rings is 1. The molecule has 4 heteroatoms. The Bertz CT molecular complexity index is 707. The number of hydrogen-bond acceptors (Lipinski definition) is 4. The average molecular weight is 297 g/mol. The second-order valence-electron chi connectivity index (χ2n) is 5.08. The van der Waals surface area contributed by atoms with Crippen molar-refractivity contribution in [2.45, 2.75) is 26.2 Å². The van der Waals surface area contributed by atoms with E-state index in [1.807, 2.05) is 11.6 Å². The van der Waals surface area contributed by atoms with E-state index < -0.39 is 0 Å². The molecule has 0 spiro atoms. The monoisotopic (exact) mass is 297 g/mol. The van der Waals surface area contributed by atoms with Gasteiger partial charge in [-0.25, -0.2) is 4.98 Å². The van der Waals surface area contributed by atoms with Crippen molar-refractivity contribution >= 4 is 27.9 Å². The minimum Gasteiger partial charge on any atom is -0.384 e. The molecule has 21 heavy (non-hydrogen) atoms. The maximum atomic E-state index is 4.73. The van der Waals surface area contributed by atoms with E-state index in [2.05, 4.69) is 46.9 Å². The molecule has 3 rings (SSSR count). The van der Waals surface area contributed by atoms with Crippen LogP contribution >= 0.6 is 11.3 Å². The highest BCUT2D eigenvalue weighted by atomic mass is 32.1. The lowest BCUT2D eigenvalue weighted by Crippen LogP contribution is -2.06. The Balaban J connectivity index is 1.81. The molecule has 0 unspecified atom stereocenters. The van der Waals surface area contributed by atoms with Gasteiger partial charge in [0.05, 0.1) is 16.7 Å². The summed E-state index contributed by atoms with van der Waals surface area (Å²) < 4.78 is 0. The first kappa shape index (κ1) is 14.0. The van der Waals surface area contributed by atoms with Crippen LogP contribution in [-0.4, -0.2) is 16.5 Å². The minimum absolute atomic E-state index is 0.892. The third-order valence-electron chi connectivity index (χ3n) is 3.46. The molecule has 0 aliphatic heterocycles. The van der Waals surface area contributed by atoms with Crippen molar-refractivity contribution in [1.29, 1.82) is 0 Å². The Morgan fingerprint density at radius 1 is 1.14 bits per heavy atom. The van der Waals surface area contributed by atoms with Gasteiger partial charge in [-0.05, 0) is 18.6 Å². The fourth-order valence-corrected chi connectivity index (χ4v) is 3.04. The second kappa shape index (κ2) is 6.68. The Hall–Kier alpha value is -1.94. The summed E-state index contributed by atoms with van der Waals surface area (Å²) in [7, 11) is 0. The first-order chi connectivity index (χ1) is 10.4. The molecule has 3 nitrogen and oxygen atoms in total. The fraction of sp³-hybridized carbons (Fsp3) is 0.294. The van der Waals surface area contributed by atoms with Gasteiger partial charge >= 0.3 is 0 Å². The number of para-hydroxylation sites is 1. The van der Waals surface area contributed by atoms with Gasteiger partial charge in [0.2, 0.25) is 0 Å². The first-order valence-corrected chi connectivity index (χ1v) is 8.30. The van der Waals surface area contributed by atoms with Gasteiger partial charge in [0, 0.05) is 35.1 Å². The van der Waals surface area contributed by atoms with Gasteiger partial charge < -0.3 is 5.32 Å². The molecule has 0 bridgehead atoms. The summed E-state index contributed by atoms with van der Waals surface area (Å²) in [5.41, 5.74) is 6.45. The van der Waals surface area contributed by atoms with E-state index in [0.717, 1.165) is 42.7 Å². The van der Waals surface area contributed by atoms with Gasteiger partial charge in [-0.2, -0.15) is 0 Å². The standard InChI is InChI=1S/C17H19N3S/c1-2-5-13-10-17(15-6-3-4-7-16(15)20-13)18-9-8-14-11-21-12-19-14/h3-4,6-7,10-12H,2,5,8-9H2,1H3,(H,18,20). The van der Waals surface area contributed by atoms with E-state index in [1.165, 1.54) is 11.1 Å². The summed E-state index contributed by atoms with van der Waals surface area (Å²) in [4.78, 5) is 9.06. The average Bonchev–Trinajstić information content (AvgIpc) is 3.01. The number of anilines is 1. The summed E-state index contributed by atoms with van der Waals surface area (Å²) in [5.74, 6) is 0. The van der Waals surface area contributed by atoms with Crippen LogP contribution in [0.3, 0.4) is 0 Å². The van der Waals surface area contributed by atoms with Gasteiger partial charge in [0.1, 0.15) is 0 Å². The van der Waals surface area contributed by atoms with Crippen LogP contribution in [0.5, 0.6) is 0 Å². The van der Waals surface area contributed by atoms with Gasteiger partial charge in [-0.15, -0.1) is 11.3 Å². The molecule has 0 amide bonds. The molecule has 108 valence electrons. The number of aryl methyl sites for hydroxylation is 1. The van der Waals surface area contributed by atoms with Crippen molar-refractivity contribution in [3.8, 4) is 0 Å². The second-order valence-corrected chi connectivity index (χ2v) is 5.80. The van der Waals surface area contributed by atoms with Gasteiger partial charge in [0.15, 0.2) is 0 Å². The third kappa shape index (κ3) is 3.39. The van der Waals surface area contributed by atoms with Crippen LogP contribution in [0.2, 0.25) is 0 Å². The topological polar surface area (TPSA) is 37.8 Å². The van der Waals surface area contributed by atoms with Crippen LogP contribution < -0.4 is 5.32 Å². The van der Waals surface area contributed by atoms with Crippen molar-refractivity contribution in [1.82, 2.24) is 9.97 Å². The van der Waals surface area contributed by atoms with Crippen molar-refractivity contribution in [3.63, 3.8) is 0 Å². The third-order valence-corrected chi connectivity index (χ3v) is 4.09. The number of benzene rings is 1. The molecule has 0 atom stereocenters. The normalized spacial score (nSPS) is 10.9. The highest BCUT2D eigenvalue weighted by Crippen LogP contribution is 2.23. The molecule has 3 aromatic rings. The Labute approximate surface area is 129 Å². The zero-order valence-corrected chi connectivity index (χ0v) is 13.0. The van der Waals surface area contributed by atoms with E-state index in [-0.39, 0.29) is 0 Å². The molecule has 0 saturated carbocycles. The smallest absolute Gasteiger partial charge is 0.0794 e. The molecular formula is C17H19N3S. The molecule has 0 aliphatic carbocycles. The van der Waals surface area contributed by atoms with Gasteiger partial charge in [-0.3, -0.25) is 4.98 Å². The molecule has 0 fully saturated rings. The van der Waals surface area contributed by atoms with Crippen LogP contribution in [0.1, 0.15) is 24.7 Å². The summed E-state index contributed by atoms with van der Waals surface area (Å²) in [6.45, 7) is 3.08. The Kier molecular flexibility index (Phi) is 4.46. The molecule has 2 heterocycles. The lowest BCUT2D eigenvalue weighted by Gasteiger charge is -2.11. The Morgan fingerprint density at radius 2 is 2.05 bits per heavy atom. The van der Waals surface area contributed by atoms with Gasteiger partial charge in [0.25, 0.3) is 0 Å². The van der Waals surface area contributed by atoms with Crippen LogP contribution in [0.4, 0.5) is 5.69 Å². The highest BCUT2D eigenvalue weighted by Gasteiger charge is 2.05. The van der Waals surface area contributed by atoms with E-state index >= 15 is 0 Å². The van der Waals surface area contributed by atoms with Crippen molar-refractivity contribution < 1.29 is 0 Å². The summed E-state index contributed by atoms with van der Waals surface area (Å²) >= 11 is 1.65. The largest absolute Gasteiger partial charge is 0.384 e. The minimum atomic E-state index is 0.892. The number of rotatable bonds is 6. The first-order valence-electron chi connectivity index (χ1n) is 7.36. The Morgan fingerprint density at radius 3 is 2.86 bits per heavy atom. The van der Waals surface area contributed by atoms with Crippen molar-refractivity contribution in [2.24, 2.45) is 0 Å². The van der Waals surface area contributed by atoms with E-state index in [0.29, 0.717) is 0 Å². The van der Waals surface area contributed by atoms with Crippen LogP contribution in [0, 0.1) is 0 Å². The molecule has 0 radical (unpaired) electrons. The number of nitrogens with zero attached hydrogens (tertiary/aromatic N) is 2. The number of hydrogen-bond donors (Lipinski definition) is 1. The van der Waals surface area contributed by atoms with Crippen molar-refractivity contribution in [3.05, 3.63) is 52.6 Å². The molecular weight excluding hydrogens is 278 g/mol. The fourth-order valence-electron chi connectivity index (χ4n) is 2.45. The predicted octanol–water partition coefficient (Wildman–Crippen LogP) is 4.30. The molecule has 1 aromatic carbocycles. The van der Waals surface area contributed by atoms with Crippen LogP contribution in [-0.2, 0) is 12.8 Å². The van der Waals surface area contributed by atoms with Gasteiger partial charge in [-0.1, -0.05) is 31.5 Å². The van der Waals surface area contributed by atoms with Crippen LogP contribution in [0.15, 0.2) is 41.2 Å². The summed E-state index contributed by atoms with van der Waals surface area (Å²) in [5, 5.41) is 6.85. The molecule has 1 N–H and O–H groups in total. The maximum absolute atomic E-state index is 4.73. The SMILES string of the molecule is CCCc1cc(NCCc2cscn2)c2ccccc2n1. The van der Waals surface area contributed by atoms with Crippen molar-refractivity contribution in [2.75, 3.05) is 11.9 Å². The van der Waals surface area contributed by atoms with Crippen LogP contribution in [0.25, 0.3) is 10.9 Å². The number of nitrogens with one attached hydrogen (secondary N) is 1. The quantitative estimate of drug-likeness (QED) is 0.737. The predicted molar refractivity (Wildman–Crippen MR) is 90.0 cm³/mol. The lowest BCUT2D eigenvalue weighted by atomic mass is 10.1. The number of fused-ring (bicyclic) bond motifs is 1. The number of pyridine rings is 1. The zero-order valence-electron chi connectivity index (χ0n) is 12.2. The molecule has 0 aliphatic rings. The summed E-state index contributed by atoms with van der Waals surface area (Å²) in [6, 6.07) is 10.5. The summed E-state index contributed by atoms with van der Waals surface area (Å²) in [6.07, 6.45) is 3.08. The highest BCUT2D eigenvalue weighted by molar-refractivity contribution is 7.07.